The van der Waals surface area contributed by atoms with Crippen LogP contribution in [0.1, 0.15) is 47.5 Å². The van der Waals surface area contributed by atoms with Gasteiger partial charge < -0.3 is 14.5 Å². The Hall–Kier alpha value is -1.26. The number of carbonyl (C=O) groups excluding carboxylic acids is 2. The number of rotatable bonds is 1. The molecule has 0 saturated carbocycles. The van der Waals surface area contributed by atoms with Crippen LogP contribution in [-0.2, 0) is 9.53 Å². The Bertz CT molecular complexity index is 352. The van der Waals surface area contributed by atoms with E-state index < -0.39 is 5.60 Å². The smallest absolute Gasteiger partial charge is 0.410 e. The summed E-state index contributed by atoms with van der Waals surface area (Å²) in [5, 5.41) is 0. The lowest BCUT2D eigenvalue weighted by Gasteiger charge is -2.44. The molecule has 0 radical (unpaired) electrons. The lowest BCUT2D eigenvalue weighted by atomic mass is 9.88. The van der Waals surface area contributed by atoms with Crippen LogP contribution >= 0.6 is 0 Å². The van der Waals surface area contributed by atoms with Crippen LogP contribution in [0.25, 0.3) is 0 Å². The van der Waals surface area contributed by atoms with E-state index >= 15 is 0 Å². The van der Waals surface area contributed by atoms with Crippen LogP contribution in [0.3, 0.4) is 0 Å². The molecule has 1 aliphatic heterocycles. The molecule has 19 heavy (non-hydrogen) atoms. The third-order valence-electron chi connectivity index (χ3n) is 3.77. The summed E-state index contributed by atoms with van der Waals surface area (Å²) in [6.07, 6.45) is 1.30. The van der Waals surface area contributed by atoms with Gasteiger partial charge in [-0.25, -0.2) is 4.79 Å². The first-order valence-electron chi connectivity index (χ1n) is 6.77. The van der Waals surface area contributed by atoms with E-state index in [-0.39, 0.29) is 17.5 Å². The van der Waals surface area contributed by atoms with E-state index in [1.807, 2.05) is 27.8 Å². The molecular weight excluding hydrogens is 244 g/mol. The topological polar surface area (TPSA) is 49.9 Å². The van der Waals surface area contributed by atoms with Crippen LogP contribution in [0, 0.1) is 0 Å². The summed E-state index contributed by atoms with van der Waals surface area (Å²) in [7, 11) is 1.82. The Labute approximate surface area is 115 Å². The zero-order chi connectivity index (χ0) is 14.8. The summed E-state index contributed by atoms with van der Waals surface area (Å²) >= 11 is 0. The van der Waals surface area contributed by atoms with Crippen LogP contribution in [-0.4, -0.2) is 53.1 Å². The predicted octanol–water partition coefficient (Wildman–Crippen LogP) is 2.25. The van der Waals surface area contributed by atoms with Gasteiger partial charge in [-0.3, -0.25) is 4.79 Å². The fourth-order valence-electron chi connectivity index (χ4n) is 2.21. The Balaban J connectivity index is 2.58. The third kappa shape index (κ3) is 4.11. The Morgan fingerprint density at radius 2 is 1.68 bits per heavy atom. The van der Waals surface area contributed by atoms with Gasteiger partial charge in [0.25, 0.3) is 0 Å². The SMILES string of the molecule is CC(=O)N(C)C1(C)CCN(C(=O)OC(C)(C)C)CC1. The van der Waals surface area contributed by atoms with E-state index in [1.165, 1.54) is 0 Å². The van der Waals surface area contributed by atoms with Gasteiger partial charge in [0.05, 0.1) is 0 Å². The second-order valence-corrected chi connectivity index (χ2v) is 6.54. The molecule has 1 saturated heterocycles. The summed E-state index contributed by atoms with van der Waals surface area (Å²) in [6.45, 7) is 10.5. The maximum atomic E-state index is 12.0. The Morgan fingerprint density at radius 3 is 2.05 bits per heavy atom. The molecule has 0 aromatic carbocycles. The Kier molecular flexibility index (Phi) is 4.48. The predicted molar refractivity (Wildman–Crippen MR) is 73.9 cm³/mol. The molecule has 1 rings (SSSR count). The molecule has 0 aliphatic carbocycles. The van der Waals surface area contributed by atoms with Crippen LogP contribution in [0.5, 0.6) is 0 Å². The first-order chi connectivity index (χ1) is 8.55. The van der Waals surface area contributed by atoms with Crippen LogP contribution < -0.4 is 0 Å². The zero-order valence-electron chi connectivity index (χ0n) is 12.9. The minimum atomic E-state index is -0.464. The Morgan fingerprint density at radius 1 is 1.21 bits per heavy atom. The van der Waals surface area contributed by atoms with E-state index in [0.29, 0.717) is 13.1 Å². The summed E-state index contributed by atoms with van der Waals surface area (Å²) in [5.41, 5.74) is -0.627. The van der Waals surface area contributed by atoms with Crippen molar-refractivity contribution in [2.45, 2.75) is 58.6 Å². The first-order valence-corrected chi connectivity index (χ1v) is 6.77. The van der Waals surface area contributed by atoms with E-state index in [1.54, 1.807) is 16.7 Å². The molecule has 0 bridgehead atoms. The van der Waals surface area contributed by atoms with Gasteiger partial charge in [-0.15, -0.1) is 0 Å². The van der Waals surface area contributed by atoms with Crippen LogP contribution in [0.15, 0.2) is 0 Å². The molecule has 1 fully saturated rings. The molecule has 0 atom stereocenters. The molecule has 0 N–H and O–H groups in total. The van der Waals surface area contributed by atoms with Gasteiger partial charge in [-0.2, -0.15) is 0 Å². The van der Waals surface area contributed by atoms with Crippen LogP contribution in [0.2, 0.25) is 0 Å². The van der Waals surface area contributed by atoms with E-state index in [2.05, 4.69) is 6.92 Å². The summed E-state index contributed by atoms with van der Waals surface area (Å²) < 4.78 is 5.36. The van der Waals surface area contributed by atoms with Crippen molar-refractivity contribution in [3.8, 4) is 0 Å². The van der Waals surface area contributed by atoms with Crippen molar-refractivity contribution in [2.75, 3.05) is 20.1 Å². The molecule has 1 heterocycles. The molecule has 0 aromatic heterocycles. The number of carbonyl (C=O) groups is 2. The molecule has 5 nitrogen and oxygen atoms in total. The monoisotopic (exact) mass is 270 g/mol. The summed E-state index contributed by atoms with van der Waals surface area (Å²) in [4.78, 5) is 26.9. The van der Waals surface area contributed by atoms with Gasteiger partial charge in [0.2, 0.25) is 5.91 Å². The maximum Gasteiger partial charge on any atom is 0.410 e. The van der Waals surface area contributed by atoms with E-state index in [0.717, 1.165) is 12.8 Å². The standard InChI is InChI=1S/C14H26N2O3/c1-11(17)15(6)14(5)7-9-16(10-8-14)12(18)19-13(2,3)4/h7-10H2,1-6H3. The maximum absolute atomic E-state index is 12.0. The number of piperidine rings is 1. The molecule has 1 aliphatic rings. The average molecular weight is 270 g/mol. The number of hydrogen-bond donors (Lipinski definition) is 0. The van der Waals surface area contributed by atoms with E-state index in [9.17, 15) is 9.59 Å². The van der Waals surface area contributed by atoms with Crippen molar-refractivity contribution < 1.29 is 14.3 Å². The highest BCUT2D eigenvalue weighted by molar-refractivity contribution is 5.74. The van der Waals surface area contributed by atoms with Gasteiger partial charge in [0.1, 0.15) is 5.60 Å². The number of ether oxygens (including phenoxy) is 1. The highest BCUT2D eigenvalue weighted by Crippen LogP contribution is 2.28. The molecule has 0 unspecified atom stereocenters. The third-order valence-corrected chi connectivity index (χ3v) is 3.77. The lowest BCUT2D eigenvalue weighted by Crippen LogP contribution is -2.55. The molecule has 2 amide bonds. The van der Waals surface area contributed by atoms with Crippen molar-refractivity contribution in [3.05, 3.63) is 0 Å². The molecular formula is C14H26N2O3. The van der Waals surface area contributed by atoms with Crippen molar-refractivity contribution in [2.24, 2.45) is 0 Å². The van der Waals surface area contributed by atoms with Crippen molar-refractivity contribution in [1.29, 1.82) is 0 Å². The fourth-order valence-corrected chi connectivity index (χ4v) is 2.21. The lowest BCUT2D eigenvalue weighted by molar-refractivity contribution is -0.134. The van der Waals surface area contributed by atoms with Gasteiger partial charge in [0.15, 0.2) is 0 Å². The fraction of sp³-hybridized carbons (Fsp3) is 0.857. The molecule has 0 aromatic rings. The first kappa shape index (κ1) is 15.8. The van der Waals surface area contributed by atoms with Gasteiger partial charge in [0, 0.05) is 32.6 Å². The number of hydrogen-bond acceptors (Lipinski definition) is 3. The summed E-state index contributed by atoms with van der Waals surface area (Å²) in [6, 6.07) is 0. The second-order valence-electron chi connectivity index (χ2n) is 6.54. The minimum absolute atomic E-state index is 0.0632. The van der Waals surface area contributed by atoms with Crippen LogP contribution in [0.4, 0.5) is 4.79 Å². The molecule has 0 spiro atoms. The van der Waals surface area contributed by atoms with Gasteiger partial charge in [-0.05, 0) is 40.5 Å². The van der Waals surface area contributed by atoms with Crippen molar-refractivity contribution in [3.63, 3.8) is 0 Å². The minimum Gasteiger partial charge on any atom is -0.444 e. The summed E-state index contributed by atoms with van der Waals surface area (Å²) in [5.74, 6) is 0.0632. The largest absolute Gasteiger partial charge is 0.444 e. The number of nitrogens with zero attached hydrogens (tertiary/aromatic N) is 2. The highest BCUT2D eigenvalue weighted by Gasteiger charge is 2.37. The zero-order valence-corrected chi connectivity index (χ0v) is 12.9. The van der Waals surface area contributed by atoms with E-state index in [4.69, 9.17) is 4.74 Å². The quantitative estimate of drug-likeness (QED) is 0.734. The van der Waals surface area contributed by atoms with Gasteiger partial charge in [-0.1, -0.05) is 0 Å². The molecule has 110 valence electrons. The second kappa shape index (κ2) is 5.39. The van der Waals surface area contributed by atoms with Gasteiger partial charge >= 0.3 is 6.09 Å². The van der Waals surface area contributed by atoms with Crippen molar-refractivity contribution in [1.82, 2.24) is 9.80 Å². The van der Waals surface area contributed by atoms with Crippen molar-refractivity contribution >= 4 is 12.0 Å². The number of likely N-dealkylation sites (tertiary alicyclic amines) is 1. The number of amides is 2. The normalized spacial score (nSPS) is 18.9. The average Bonchev–Trinajstić information content (AvgIpc) is 2.26. The highest BCUT2D eigenvalue weighted by atomic mass is 16.6. The molecule has 5 heteroatoms.